The van der Waals surface area contributed by atoms with Crippen molar-refractivity contribution in [2.75, 3.05) is 0 Å². The average molecular weight is 666 g/mol. The third-order valence-electron chi connectivity index (χ3n) is 10.1. The molecule has 242 valence electrons. The van der Waals surface area contributed by atoms with Crippen LogP contribution in [0.3, 0.4) is 0 Å². The molecule has 0 N–H and O–H groups in total. The zero-order valence-corrected chi connectivity index (χ0v) is 27.7. The van der Waals surface area contributed by atoms with Crippen LogP contribution in [-0.2, 0) is 0 Å². The summed E-state index contributed by atoms with van der Waals surface area (Å²) in [5, 5.41) is 8.93. The standard InChI is InChI=1S/C47H27N3O2/c1-2-11-29(12-3-1)45-48-46(50-47(49-45)38-17-9-19-40-43(38)36-14-6-7-18-39(36)51-40)33-23-21-30-26-32(22-20-31(30)27-33)35-15-8-16-37-42-34-13-5-4-10-28(34)24-25-41(42)52-44(35)37/h1-27H. The molecule has 0 aliphatic carbocycles. The normalized spacial score (nSPS) is 11.8. The van der Waals surface area contributed by atoms with Gasteiger partial charge >= 0.3 is 0 Å². The number of furan rings is 2. The molecule has 0 fully saturated rings. The minimum absolute atomic E-state index is 0.600. The van der Waals surface area contributed by atoms with E-state index in [1.54, 1.807) is 0 Å². The quantitative estimate of drug-likeness (QED) is 0.187. The summed E-state index contributed by atoms with van der Waals surface area (Å²) in [6.45, 7) is 0. The number of fused-ring (bicyclic) bond motifs is 9. The van der Waals surface area contributed by atoms with Crippen molar-refractivity contribution in [3.05, 3.63) is 164 Å². The first kappa shape index (κ1) is 28.7. The van der Waals surface area contributed by atoms with Gasteiger partial charge in [0.2, 0.25) is 0 Å². The van der Waals surface area contributed by atoms with Gasteiger partial charge in [-0.1, -0.05) is 133 Å². The summed E-state index contributed by atoms with van der Waals surface area (Å²) in [5.41, 5.74) is 8.35. The Morgan fingerprint density at radius 1 is 0.327 bits per heavy atom. The largest absolute Gasteiger partial charge is 0.456 e. The molecular formula is C47H27N3O2. The Labute approximate surface area is 297 Å². The monoisotopic (exact) mass is 665 g/mol. The molecule has 0 aliphatic heterocycles. The topological polar surface area (TPSA) is 65.0 Å². The molecule has 11 rings (SSSR count). The van der Waals surface area contributed by atoms with Crippen LogP contribution in [0, 0.1) is 0 Å². The Balaban J connectivity index is 1.05. The van der Waals surface area contributed by atoms with Crippen molar-refractivity contribution in [1.82, 2.24) is 15.0 Å². The molecule has 8 aromatic carbocycles. The summed E-state index contributed by atoms with van der Waals surface area (Å²) in [5.74, 6) is 1.83. The number of rotatable bonds is 4. The van der Waals surface area contributed by atoms with Crippen molar-refractivity contribution in [2.24, 2.45) is 0 Å². The Kier molecular flexibility index (Phi) is 6.18. The molecule has 0 unspecified atom stereocenters. The van der Waals surface area contributed by atoms with E-state index < -0.39 is 0 Å². The van der Waals surface area contributed by atoms with Crippen molar-refractivity contribution in [2.45, 2.75) is 0 Å². The van der Waals surface area contributed by atoms with Crippen LogP contribution in [0.5, 0.6) is 0 Å². The number of hydrogen-bond donors (Lipinski definition) is 0. The van der Waals surface area contributed by atoms with E-state index in [0.717, 1.165) is 82.5 Å². The Morgan fingerprint density at radius 2 is 0.942 bits per heavy atom. The van der Waals surface area contributed by atoms with E-state index in [1.807, 2.05) is 60.7 Å². The Morgan fingerprint density at radius 3 is 1.83 bits per heavy atom. The molecular weight excluding hydrogens is 639 g/mol. The molecule has 0 atom stereocenters. The van der Waals surface area contributed by atoms with E-state index in [4.69, 9.17) is 23.8 Å². The molecule has 52 heavy (non-hydrogen) atoms. The Hall–Kier alpha value is -7.11. The molecule has 0 spiro atoms. The van der Waals surface area contributed by atoms with Gasteiger partial charge in [-0.3, -0.25) is 0 Å². The van der Waals surface area contributed by atoms with Crippen LogP contribution in [0.25, 0.3) is 111 Å². The highest BCUT2D eigenvalue weighted by molar-refractivity contribution is 6.20. The second-order valence-corrected chi connectivity index (χ2v) is 13.2. The summed E-state index contributed by atoms with van der Waals surface area (Å²) < 4.78 is 12.8. The van der Waals surface area contributed by atoms with E-state index in [1.165, 1.54) is 10.8 Å². The molecule has 3 heterocycles. The summed E-state index contributed by atoms with van der Waals surface area (Å²) in [4.78, 5) is 15.2. The smallest absolute Gasteiger partial charge is 0.164 e. The first-order valence-corrected chi connectivity index (χ1v) is 17.3. The van der Waals surface area contributed by atoms with Gasteiger partial charge in [-0.25, -0.2) is 15.0 Å². The number of nitrogens with zero attached hydrogens (tertiary/aromatic N) is 3. The maximum absolute atomic E-state index is 6.55. The third-order valence-corrected chi connectivity index (χ3v) is 10.1. The lowest BCUT2D eigenvalue weighted by atomic mass is 9.97. The lowest BCUT2D eigenvalue weighted by Crippen LogP contribution is -2.00. The van der Waals surface area contributed by atoms with Crippen LogP contribution in [0.2, 0.25) is 0 Å². The maximum Gasteiger partial charge on any atom is 0.164 e. The number of benzene rings is 8. The first-order valence-electron chi connectivity index (χ1n) is 17.3. The van der Waals surface area contributed by atoms with E-state index >= 15 is 0 Å². The fraction of sp³-hybridized carbons (Fsp3) is 0. The predicted octanol–water partition coefficient (Wildman–Crippen LogP) is 12.6. The van der Waals surface area contributed by atoms with Gasteiger partial charge < -0.3 is 8.83 Å². The van der Waals surface area contributed by atoms with Gasteiger partial charge in [-0.2, -0.15) is 0 Å². The van der Waals surface area contributed by atoms with Crippen LogP contribution in [-0.4, -0.2) is 15.0 Å². The van der Waals surface area contributed by atoms with Crippen LogP contribution in [0.15, 0.2) is 173 Å². The highest BCUT2D eigenvalue weighted by atomic mass is 16.3. The molecule has 11 aromatic rings. The minimum Gasteiger partial charge on any atom is -0.456 e. The van der Waals surface area contributed by atoms with Crippen LogP contribution >= 0.6 is 0 Å². The van der Waals surface area contributed by atoms with Crippen LogP contribution < -0.4 is 0 Å². The van der Waals surface area contributed by atoms with Crippen LogP contribution in [0.4, 0.5) is 0 Å². The molecule has 0 radical (unpaired) electrons. The van der Waals surface area contributed by atoms with Crippen molar-refractivity contribution >= 4 is 65.4 Å². The predicted molar refractivity (Wildman–Crippen MR) is 211 cm³/mol. The second kappa shape index (κ2) is 11.2. The van der Waals surface area contributed by atoms with Crippen molar-refractivity contribution in [1.29, 1.82) is 0 Å². The van der Waals surface area contributed by atoms with Crippen molar-refractivity contribution in [3.63, 3.8) is 0 Å². The first-order chi connectivity index (χ1) is 25.7. The molecule has 0 saturated heterocycles. The zero-order chi connectivity index (χ0) is 34.2. The maximum atomic E-state index is 6.55. The number of para-hydroxylation sites is 2. The molecule has 0 amide bonds. The number of hydrogen-bond acceptors (Lipinski definition) is 5. The van der Waals surface area contributed by atoms with Gasteiger partial charge in [-0.05, 0) is 57.4 Å². The zero-order valence-electron chi connectivity index (χ0n) is 27.7. The van der Waals surface area contributed by atoms with Crippen molar-refractivity contribution < 1.29 is 8.83 Å². The minimum atomic E-state index is 0.600. The summed E-state index contributed by atoms with van der Waals surface area (Å²) in [7, 11) is 0. The molecule has 5 heteroatoms. The van der Waals surface area contributed by atoms with Gasteiger partial charge in [0.05, 0.1) is 0 Å². The summed E-state index contributed by atoms with van der Waals surface area (Å²) >= 11 is 0. The lowest BCUT2D eigenvalue weighted by Gasteiger charge is -2.10. The lowest BCUT2D eigenvalue weighted by molar-refractivity contribution is 0.669. The Bertz CT molecular complexity index is 3190. The third kappa shape index (κ3) is 4.46. The molecule has 0 aliphatic rings. The van der Waals surface area contributed by atoms with E-state index in [2.05, 4.69) is 103 Å². The van der Waals surface area contributed by atoms with Crippen molar-refractivity contribution in [3.8, 4) is 45.3 Å². The SMILES string of the molecule is c1ccc(-c2nc(-c3ccc4cc(-c5cccc6c5oc5ccc7ccccc7c56)ccc4c3)nc(-c3cccc4oc5ccccc5c34)n2)cc1. The average Bonchev–Trinajstić information content (AvgIpc) is 3.80. The van der Waals surface area contributed by atoms with E-state index in [0.29, 0.717) is 17.5 Å². The van der Waals surface area contributed by atoms with Gasteiger partial charge in [-0.15, -0.1) is 0 Å². The second-order valence-electron chi connectivity index (χ2n) is 13.2. The summed E-state index contributed by atoms with van der Waals surface area (Å²) in [6.07, 6.45) is 0. The molecule has 0 bridgehead atoms. The molecule has 0 saturated carbocycles. The fourth-order valence-corrected chi connectivity index (χ4v) is 7.65. The molecule has 3 aromatic heterocycles. The highest BCUT2D eigenvalue weighted by Crippen LogP contribution is 2.40. The van der Waals surface area contributed by atoms with Gasteiger partial charge in [0.25, 0.3) is 0 Å². The molecule has 5 nitrogen and oxygen atoms in total. The summed E-state index contributed by atoms with van der Waals surface area (Å²) in [6, 6.07) is 56.3. The van der Waals surface area contributed by atoms with E-state index in [9.17, 15) is 0 Å². The van der Waals surface area contributed by atoms with Gasteiger partial charge in [0, 0.05) is 43.8 Å². The van der Waals surface area contributed by atoms with Gasteiger partial charge in [0.15, 0.2) is 17.5 Å². The van der Waals surface area contributed by atoms with E-state index in [-0.39, 0.29) is 0 Å². The number of aromatic nitrogens is 3. The van der Waals surface area contributed by atoms with Gasteiger partial charge in [0.1, 0.15) is 22.3 Å². The van der Waals surface area contributed by atoms with Crippen LogP contribution in [0.1, 0.15) is 0 Å². The highest BCUT2D eigenvalue weighted by Gasteiger charge is 2.19. The fourth-order valence-electron chi connectivity index (χ4n) is 7.65.